The lowest BCUT2D eigenvalue weighted by Gasteiger charge is -2.49. The summed E-state index contributed by atoms with van der Waals surface area (Å²) in [6.45, 7) is 11.8. The van der Waals surface area contributed by atoms with Crippen LogP contribution in [0, 0.1) is 0 Å². The van der Waals surface area contributed by atoms with Gasteiger partial charge in [0.05, 0.1) is 33.3 Å². The number of carbonyl (C=O) groups excluding carboxylic acids is 2. The average Bonchev–Trinajstić information content (AvgIpc) is 3.23. The van der Waals surface area contributed by atoms with Crippen molar-refractivity contribution in [3.8, 4) is 0 Å². The van der Waals surface area contributed by atoms with Crippen molar-refractivity contribution in [3.05, 3.63) is 47.0 Å². The summed E-state index contributed by atoms with van der Waals surface area (Å²) < 4.78 is 0. The van der Waals surface area contributed by atoms with Gasteiger partial charge in [0.15, 0.2) is 0 Å². The average molecular weight is 468 g/mol. The number of amides is 2. The van der Waals surface area contributed by atoms with E-state index in [9.17, 15) is 14.7 Å². The van der Waals surface area contributed by atoms with Crippen LogP contribution in [0.15, 0.2) is 46.5 Å². The number of nitrogens with zero attached hydrogens (tertiary/aromatic N) is 2. The molecule has 33 heavy (non-hydrogen) atoms. The Bertz CT molecular complexity index is 1000. The van der Waals surface area contributed by atoms with E-state index in [1.807, 2.05) is 35.2 Å². The maximum Gasteiger partial charge on any atom is 0.228 e. The summed E-state index contributed by atoms with van der Waals surface area (Å²) in [5.74, 6) is 0.561. The lowest BCUT2D eigenvalue weighted by atomic mass is 9.83. The van der Waals surface area contributed by atoms with Crippen LogP contribution in [-0.4, -0.2) is 61.0 Å². The van der Waals surface area contributed by atoms with Crippen molar-refractivity contribution in [2.24, 2.45) is 4.99 Å². The minimum atomic E-state index is -1.68. The molecule has 1 atom stereocenters. The van der Waals surface area contributed by atoms with Gasteiger partial charge in [-0.1, -0.05) is 56.4 Å². The predicted octanol–water partition coefficient (Wildman–Crippen LogP) is 3.86. The Balaban J connectivity index is 1.48. The van der Waals surface area contributed by atoms with E-state index in [4.69, 9.17) is 0 Å². The van der Waals surface area contributed by atoms with E-state index in [0.29, 0.717) is 18.9 Å². The summed E-state index contributed by atoms with van der Waals surface area (Å²) in [6.07, 6.45) is 3.29. The second-order valence-corrected chi connectivity index (χ2v) is 16.8. The van der Waals surface area contributed by atoms with Gasteiger partial charge in [-0.25, -0.2) is 0 Å². The Morgan fingerprint density at radius 2 is 1.85 bits per heavy atom. The minimum absolute atomic E-state index is 0.0144. The quantitative estimate of drug-likeness (QED) is 0.623. The molecule has 2 amide bonds. The van der Waals surface area contributed by atoms with Gasteiger partial charge in [-0.05, 0) is 37.8 Å². The van der Waals surface area contributed by atoms with Crippen molar-refractivity contribution in [2.45, 2.75) is 75.7 Å². The van der Waals surface area contributed by atoms with Crippen molar-refractivity contribution in [2.75, 3.05) is 19.7 Å². The molecule has 178 valence electrons. The molecule has 2 heterocycles. The van der Waals surface area contributed by atoms with Gasteiger partial charge in [0, 0.05) is 23.0 Å². The van der Waals surface area contributed by atoms with Crippen LogP contribution < -0.4 is 5.32 Å². The fraction of sp³-hybridized carbons (Fsp3) is 0.577. The molecule has 0 aromatic heterocycles. The second kappa shape index (κ2) is 8.51. The van der Waals surface area contributed by atoms with Gasteiger partial charge in [0.1, 0.15) is 5.84 Å². The molecule has 1 saturated carbocycles. The Morgan fingerprint density at radius 3 is 2.39 bits per heavy atom. The predicted molar refractivity (Wildman–Crippen MR) is 134 cm³/mol. The first-order chi connectivity index (χ1) is 15.5. The van der Waals surface area contributed by atoms with Gasteiger partial charge in [0.2, 0.25) is 11.8 Å². The summed E-state index contributed by atoms with van der Waals surface area (Å²) in [4.78, 5) is 33.3. The largest absolute Gasteiger partial charge is 0.396 e. The molecule has 1 fully saturated rings. The van der Waals surface area contributed by atoms with Crippen molar-refractivity contribution < 1.29 is 14.7 Å². The third kappa shape index (κ3) is 3.99. The normalized spacial score (nSPS) is 21.9. The fourth-order valence-electron chi connectivity index (χ4n) is 5.67. The number of aliphatic hydroxyl groups excluding tert-OH is 1. The van der Waals surface area contributed by atoms with E-state index in [1.54, 1.807) is 0 Å². The smallest absolute Gasteiger partial charge is 0.228 e. The molecular formula is C26H37N3O3Si. The molecule has 2 aliphatic heterocycles. The number of hydrogen-bond donors (Lipinski definition) is 2. The Hall–Kier alpha value is -2.25. The first kappa shape index (κ1) is 23.9. The zero-order valence-corrected chi connectivity index (χ0v) is 21.6. The number of benzene rings is 1. The van der Waals surface area contributed by atoms with E-state index in [0.717, 1.165) is 36.0 Å². The highest BCUT2D eigenvalue weighted by molar-refractivity contribution is 6.82. The van der Waals surface area contributed by atoms with Gasteiger partial charge >= 0.3 is 0 Å². The minimum Gasteiger partial charge on any atom is -0.396 e. The molecule has 1 aromatic rings. The maximum absolute atomic E-state index is 13.4. The van der Waals surface area contributed by atoms with Crippen LogP contribution in [0.3, 0.4) is 0 Å². The van der Waals surface area contributed by atoms with Crippen LogP contribution in [0.2, 0.25) is 24.7 Å². The maximum atomic E-state index is 13.4. The molecule has 6 nitrogen and oxygen atoms in total. The molecule has 7 heteroatoms. The molecule has 0 saturated heterocycles. The van der Waals surface area contributed by atoms with Crippen LogP contribution in [0.5, 0.6) is 0 Å². The number of carbonyl (C=O) groups is 2. The summed E-state index contributed by atoms with van der Waals surface area (Å²) in [6, 6.07) is 9.70. The van der Waals surface area contributed by atoms with Crippen molar-refractivity contribution in [1.29, 1.82) is 0 Å². The number of aliphatic imine (C=N–C) groups is 1. The monoisotopic (exact) mass is 467 g/mol. The van der Waals surface area contributed by atoms with Gasteiger partial charge in [-0.2, -0.15) is 0 Å². The molecule has 3 aliphatic rings. The molecule has 4 rings (SSSR count). The van der Waals surface area contributed by atoms with E-state index in [2.05, 4.69) is 43.8 Å². The first-order valence-corrected chi connectivity index (χ1v) is 15.6. The Labute approximate surface area is 198 Å². The van der Waals surface area contributed by atoms with Crippen LogP contribution in [0.1, 0.15) is 51.0 Å². The molecular weight excluding hydrogens is 430 g/mol. The van der Waals surface area contributed by atoms with Crippen LogP contribution in [0.25, 0.3) is 0 Å². The van der Waals surface area contributed by atoms with Crippen molar-refractivity contribution >= 4 is 25.7 Å². The standard InChI is InChI=1S/C26H37N3O3Si/c1-25(2)21-15-27-23(28-24(32)26(12-9-13-26)33(3,4)5)20(21)16-29(25)22(31)14-19(17-30)18-10-7-6-8-11-18/h6-8,10-11,19,30H,9,12-17H2,1-5H3,(H,27,28,32). The zero-order chi connectivity index (χ0) is 24.0. The molecule has 0 radical (unpaired) electrons. The first-order valence-electron chi connectivity index (χ1n) is 12.1. The fourth-order valence-corrected chi connectivity index (χ4v) is 8.26. The van der Waals surface area contributed by atoms with Crippen molar-refractivity contribution in [3.63, 3.8) is 0 Å². The number of amidine groups is 1. The highest BCUT2D eigenvalue weighted by Crippen LogP contribution is 2.55. The third-order valence-electron chi connectivity index (χ3n) is 8.30. The number of aliphatic hydroxyl groups is 1. The van der Waals surface area contributed by atoms with Gasteiger partial charge < -0.3 is 15.3 Å². The number of rotatable bonds is 6. The van der Waals surface area contributed by atoms with Gasteiger partial charge in [-0.3, -0.25) is 14.6 Å². The summed E-state index contributed by atoms with van der Waals surface area (Å²) in [7, 11) is -1.68. The van der Waals surface area contributed by atoms with Crippen LogP contribution in [0.4, 0.5) is 0 Å². The van der Waals surface area contributed by atoms with Crippen LogP contribution >= 0.6 is 0 Å². The lowest BCUT2D eigenvalue weighted by Crippen LogP contribution is -2.55. The molecule has 2 N–H and O–H groups in total. The number of nitrogens with one attached hydrogen (secondary N) is 1. The van der Waals surface area contributed by atoms with E-state index in [-0.39, 0.29) is 35.8 Å². The summed E-state index contributed by atoms with van der Waals surface area (Å²) in [5, 5.41) is 12.9. The van der Waals surface area contributed by atoms with E-state index in [1.165, 1.54) is 0 Å². The van der Waals surface area contributed by atoms with Crippen molar-refractivity contribution in [1.82, 2.24) is 10.2 Å². The van der Waals surface area contributed by atoms with E-state index >= 15 is 0 Å². The lowest BCUT2D eigenvalue weighted by molar-refractivity contribution is -0.134. The van der Waals surface area contributed by atoms with E-state index < -0.39 is 13.6 Å². The topological polar surface area (TPSA) is 82.0 Å². The van der Waals surface area contributed by atoms with Crippen LogP contribution in [-0.2, 0) is 9.59 Å². The third-order valence-corrected chi connectivity index (χ3v) is 11.9. The SMILES string of the molecule is CC1(C)C2=C(CN1C(=O)CC(CO)c1ccccc1)C(NC(=O)C1([Si](C)(C)C)CCC1)=NC2. The summed E-state index contributed by atoms with van der Waals surface area (Å²) >= 11 is 0. The van der Waals surface area contributed by atoms with Gasteiger partial charge in [-0.15, -0.1) is 0 Å². The molecule has 1 aliphatic carbocycles. The molecule has 1 unspecified atom stereocenters. The second-order valence-electron chi connectivity index (χ2n) is 11.3. The number of hydrogen-bond acceptors (Lipinski definition) is 4. The highest BCUT2D eigenvalue weighted by atomic mass is 28.3. The highest BCUT2D eigenvalue weighted by Gasteiger charge is 2.54. The molecule has 0 bridgehead atoms. The summed E-state index contributed by atoms with van der Waals surface area (Å²) in [5.41, 5.74) is 2.61. The molecule has 1 aromatic carbocycles. The Morgan fingerprint density at radius 1 is 1.18 bits per heavy atom. The Kier molecular flexibility index (Phi) is 6.16. The zero-order valence-electron chi connectivity index (χ0n) is 20.6. The molecule has 0 spiro atoms. The van der Waals surface area contributed by atoms with Gasteiger partial charge in [0.25, 0.3) is 0 Å².